The summed E-state index contributed by atoms with van der Waals surface area (Å²) in [6.45, 7) is 0. The molecule has 27 heavy (non-hydrogen) atoms. The monoisotopic (exact) mass is 408 g/mol. The molecule has 3 aromatic rings. The summed E-state index contributed by atoms with van der Waals surface area (Å²) in [6, 6.07) is 14.0. The highest BCUT2D eigenvalue weighted by atomic mass is 35.5. The minimum absolute atomic E-state index is 0.0371. The molecule has 0 aliphatic rings. The molecule has 136 valence electrons. The van der Waals surface area contributed by atoms with Crippen LogP contribution in [0.4, 0.5) is 13.2 Å². The van der Waals surface area contributed by atoms with Crippen LogP contribution in [0.1, 0.15) is 21.5 Å². The smallest absolute Gasteiger partial charge is 0.268 e. The predicted molar refractivity (Wildman–Crippen MR) is 95.8 cm³/mol. The number of benzene rings is 2. The molecule has 1 aromatic heterocycles. The van der Waals surface area contributed by atoms with Crippen molar-refractivity contribution in [1.29, 1.82) is 5.26 Å². The Morgan fingerprint density at radius 1 is 1.00 bits per heavy atom. The van der Waals surface area contributed by atoms with Crippen LogP contribution in [0.5, 0.6) is 0 Å². The van der Waals surface area contributed by atoms with Gasteiger partial charge >= 0.3 is 6.18 Å². The van der Waals surface area contributed by atoms with Crippen LogP contribution in [0.2, 0.25) is 10.2 Å². The van der Waals surface area contributed by atoms with Crippen molar-refractivity contribution in [3.05, 3.63) is 81.5 Å². The lowest BCUT2D eigenvalue weighted by molar-refractivity contribution is -0.137. The number of hydrogen-bond acceptors (Lipinski definition) is 2. The van der Waals surface area contributed by atoms with Gasteiger partial charge in [-0.15, -0.1) is 0 Å². The number of carbonyl (C=O) groups excluding carboxylic acids is 1. The second-order valence-electron chi connectivity index (χ2n) is 5.52. The first-order valence-corrected chi connectivity index (χ1v) is 8.28. The molecule has 1 heterocycles. The molecule has 0 saturated carbocycles. The van der Waals surface area contributed by atoms with Gasteiger partial charge in [0, 0.05) is 11.1 Å². The van der Waals surface area contributed by atoms with E-state index in [-0.39, 0.29) is 32.6 Å². The molecule has 0 aliphatic heterocycles. The molecule has 0 bridgehead atoms. The molecule has 0 spiro atoms. The lowest BCUT2D eigenvalue weighted by Gasteiger charge is -2.11. The Morgan fingerprint density at radius 3 is 2.11 bits per heavy atom. The third kappa shape index (κ3) is 3.44. The van der Waals surface area contributed by atoms with Crippen molar-refractivity contribution in [1.82, 2.24) is 4.57 Å². The number of carbonyl (C=O) groups is 1. The van der Waals surface area contributed by atoms with E-state index in [0.29, 0.717) is 0 Å². The van der Waals surface area contributed by atoms with E-state index in [9.17, 15) is 23.2 Å². The zero-order valence-corrected chi connectivity index (χ0v) is 14.9. The lowest BCUT2D eigenvalue weighted by Crippen LogP contribution is -2.13. The molecule has 0 aliphatic carbocycles. The van der Waals surface area contributed by atoms with Gasteiger partial charge in [-0.25, -0.2) is 0 Å². The topological polar surface area (TPSA) is 45.8 Å². The molecule has 8 heteroatoms. The van der Waals surface area contributed by atoms with Crippen LogP contribution >= 0.6 is 23.2 Å². The highest BCUT2D eigenvalue weighted by Gasteiger charge is 2.31. The molecular formula is C19H9Cl2F3N2O. The Labute approximate surface area is 162 Å². The fourth-order valence-electron chi connectivity index (χ4n) is 2.61. The number of aromatic nitrogens is 1. The summed E-state index contributed by atoms with van der Waals surface area (Å²) < 4.78 is 39.5. The maximum Gasteiger partial charge on any atom is 0.416 e. The number of alkyl halides is 3. The average molecular weight is 409 g/mol. The molecule has 0 saturated heterocycles. The van der Waals surface area contributed by atoms with Crippen LogP contribution in [0, 0.1) is 11.3 Å². The van der Waals surface area contributed by atoms with Crippen LogP contribution < -0.4 is 0 Å². The first-order chi connectivity index (χ1) is 12.8. The summed E-state index contributed by atoms with van der Waals surface area (Å²) in [6.07, 6.45) is -4.51. The van der Waals surface area contributed by atoms with Crippen LogP contribution in [-0.4, -0.2) is 10.5 Å². The Kier molecular flexibility index (Phi) is 5.01. The maximum atomic E-state index is 12.9. The van der Waals surface area contributed by atoms with Gasteiger partial charge in [0.25, 0.3) is 5.91 Å². The second-order valence-corrected chi connectivity index (χ2v) is 6.26. The van der Waals surface area contributed by atoms with Gasteiger partial charge < -0.3 is 0 Å². The van der Waals surface area contributed by atoms with E-state index in [2.05, 4.69) is 0 Å². The van der Waals surface area contributed by atoms with E-state index in [1.807, 2.05) is 6.07 Å². The van der Waals surface area contributed by atoms with Crippen molar-refractivity contribution in [3.63, 3.8) is 0 Å². The van der Waals surface area contributed by atoms with Crippen LogP contribution in [0.15, 0.2) is 54.6 Å². The van der Waals surface area contributed by atoms with Crippen LogP contribution in [-0.2, 0) is 6.18 Å². The summed E-state index contributed by atoms with van der Waals surface area (Å²) in [7, 11) is 0. The van der Waals surface area contributed by atoms with Gasteiger partial charge in [-0.1, -0.05) is 53.5 Å². The Balaban J connectivity index is 2.22. The minimum atomic E-state index is -4.51. The summed E-state index contributed by atoms with van der Waals surface area (Å²) in [5.74, 6) is -0.557. The van der Waals surface area contributed by atoms with Crippen molar-refractivity contribution >= 4 is 29.1 Å². The number of halogens is 5. The third-order valence-corrected chi connectivity index (χ3v) is 4.70. The largest absolute Gasteiger partial charge is 0.416 e. The van der Waals surface area contributed by atoms with E-state index < -0.39 is 17.6 Å². The molecule has 0 atom stereocenters. The van der Waals surface area contributed by atoms with Gasteiger partial charge in [0.15, 0.2) is 0 Å². The number of rotatable bonds is 2. The van der Waals surface area contributed by atoms with Crippen molar-refractivity contribution < 1.29 is 18.0 Å². The van der Waals surface area contributed by atoms with Gasteiger partial charge in [-0.2, -0.15) is 18.4 Å². The van der Waals surface area contributed by atoms with Crippen LogP contribution in [0.25, 0.3) is 11.3 Å². The van der Waals surface area contributed by atoms with Gasteiger partial charge in [-0.3, -0.25) is 9.36 Å². The van der Waals surface area contributed by atoms with Crippen molar-refractivity contribution in [2.45, 2.75) is 6.18 Å². The van der Waals surface area contributed by atoms with Crippen molar-refractivity contribution in [2.24, 2.45) is 0 Å². The van der Waals surface area contributed by atoms with E-state index >= 15 is 0 Å². The highest BCUT2D eigenvalue weighted by molar-refractivity contribution is 6.43. The molecule has 3 nitrogen and oxygen atoms in total. The van der Waals surface area contributed by atoms with Crippen molar-refractivity contribution in [2.75, 3.05) is 0 Å². The molecule has 0 fully saturated rings. The average Bonchev–Trinajstić information content (AvgIpc) is 2.92. The molecule has 0 N–H and O–H groups in total. The zero-order chi connectivity index (χ0) is 19.8. The van der Waals surface area contributed by atoms with E-state index in [1.165, 1.54) is 12.1 Å². The Hall–Kier alpha value is -2.75. The number of nitrogens with zero attached hydrogens (tertiary/aromatic N) is 2. The number of nitriles is 1. The predicted octanol–water partition coefficient (Wildman–Crippen LogP) is 6.04. The fourth-order valence-corrected chi connectivity index (χ4v) is 3.08. The summed E-state index contributed by atoms with van der Waals surface area (Å²) in [5, 5.41) is 9.11. The lowest BCUT2D eigenvalue weighted by atomic mass is 10.1. The standard InChI is InChI=1S/C19H9Cl2F3N2O/c20-15-14(10-25)16(11-6-8-13(9-7-11)19(22,23)24)26(17(15)21)18(27)12-4-2-1-3-5-12/h1-9H. The van der Waals surface area contributed by atoms with E-state index in [1.54, 1.807) is 30.3 Å². The molecule has 0 amide bonds. The SMILES string of the molecule is N#Cc1c(Cl)c(Cl)n(C(=O)c2ccccc2)c1-c1ccc(C(F)(F)F)cc1. The molecular weight excluding hydrogens is 400 g/mol. The van der Waals surface area contributed by atoms with Gasteiger partial charge in [0.05, 0.1) is 21.8 Å². The van der Waals surface area contributed by atoms with Crippen LogP contribution in [0.3, 0.4) is 0 Å². The Morgan fingerprint density at radius 2 is 1.59 bits per heavy atom. The van der Waals surface area contributed by atoms with Gasteiger partial charge in [0.1, 0.15) is 11.2 Å². The molecule has 3 rings (SSSR count). The first kappa shape index (κ1) is 19.0. The fraction of sp³-hybridized carbons (Fsp3) is 0.0526. The zero-order valence-electron chi connectivity index (χ0n) is 13.4. The number of hydrogen-bond donors (Lipinski definition) is 0. The second kappa shape index (κ2) is 7.10. The minimum Gasteiger partial charge on any atom is -0.268 e. The molecule has 0 radical (unpaired) electrons. The first-order valence-electron chi connectivity index (χ1n) is 7.53. The highest BCUT2D eigenvalue weighted by Crippen LogP contribution is 2.39. The Bertz CT molecular complexity index is 1050. The van der Waals surface area contributed by atoms with Gasteiger partial charge in [-0.05, 0) is 24.3 Å². The van der Waals surface area contributed by atoms with Crippen molar-refractivity contribution in [3.8, 4) is 17.3 Å². The molecule has 0 unspecified atom stereocenters. The third-order valence-electron chi connectivity index (χ3n) is 3.88. The normalized spacial score (nSPS) is 11.3. The summed E-state index contributed by atoms with van der Waals surface area (Å²) in [4.78, 5) is 12.9. The molecule has 2 aromatic carbocycles. The van der Waals surface area contributed by atoms with Gasteiger partial charge in [0.2, 0.25) is 0 Å². The summed E-state index contributed by atoms with van der Waals surface area (Å²) in [5.41, 5.74) is -0.420. The maximum absolute atomic E-state index is 12.9. The summed E-state index contributed by atoms with van der Waals surface area (Å²) >= 11 is 12.3. The van der Waals surface area contributed by atoms with E-state index in [4.69, 9.17) is 23.2 Å². The quantitative estimate of drug-likeness (QED) is 0.518. The van der Waals surface area contributed by atoms with E-state index in [0.717, 1.165) is 16.7 Å².